The van der Waals surface area contributed by atoms with E-state index in [1.165, 1.54) is 7.11 Å². The number of benzene rings is 1. The first-order valence-electron chi connectivity index (χ1n) is 11.3. The Kier molecular flexibility index (Phi) is 5.22. The molecule has 1 spiro atoms. The van der Waals surface area contributed by atoms with Crippen molar-refractivity contribution in [1.82, 2.24) is 15.1 Å². The second-order valence-corrected chi connectivity index (χ2v) is 8.98. The molecule has 2 bridgehead atoms. The fourth-order valence-electron chi connectivity index (χ4n) is 6.18. The van der Waals surface area contributed by atoms with Gasteiger partial charge in [0.2, 0.25) is 11.8 Å². The number of hydrogen-bond donors (Lipinski definition) is 1. The first-order chi connectivity index (χ1) is 15.1. The van der Waals surface area contributed by atoms with Crippen molar-refractivity contribution in [2.45, 2.75) is 37.3 Å². The molecule has 1 aromatic carbocycles. The van der Waals surface area contributed by atoms with Gasteiger partial charge in [0.05, 0.1) is 5.92 Å². The third-order valence-corrected chi connectivity index (χ3v) is 7.45. The van der Waals surface area contributed by atoms with E-state index >= 15 is 0 Å². The van der Waals surface area contributed by atoms with Crippen LogP contribution in [0.1, 0.15) is 31.2 Å². The number of hydrogen-bond acceptors (Lipinski definition) is 5. The summed E-state index contributed by atoms with van der Waals surface area (Å²) in [6, 6.07) is 8.15. The minimum atomic E-state index is -0.928. The molecule has 3 amide bonds. The fraction of sp³-hybridized carbons (Fsp3) is 0.609. The molecule has 0 saturated carbocycles. The molecule has 31 heavy (non-hydrogen) atoms. The van der Waals surface area contributed by atoms with Crippen LogP contribution in [0.3, 0.4) is 0 Å². The van der Waals surface area contributed by atoms with Gasteiger partial charge in [0, 0.05) is 50.6 Å². The maximum atomic E-state index is 14.2. The monoisotopic (exact) mass is 426 g/mol. The van der Waals surface area contributed by atoms with Gasteiger partial charge in [-0.15, -0.1) is 0 Å². The summed E-state index contributed by atoms with van der Waals surface area (Å²) in [6.07, 6.45) is 3.48. The van der Waals surface area contributed by atoms with Gasteiger partial charge in [-0.1, -0.05) is 18.2 Å². The molecule has 1 aromatic rings. The Labute approximate surface area is 182 Å². The van der Waals surface area contributed by atoms with E-state index in [9.17, 15) is 14.4 Å². The van der Waals surface area contributed by atoms with Crippen LogP contribution >= 0.6 is 0 Å². The summed E-state index contributed by atoms with van der Waals surface area (Å²) >= 11 is 0. The van der Waals surface area contributed by atoms with Crippen molar-refractivity contribution in [2.75, 3.05) is 51.3 Å². The predicted molar refractivity (Wildman–Crippen MR) is 114 cm³/mol. The topological polar surface area (TPSA) is 82.2 Å². The van der Waals surface area contributed by atoms with Gasteiger partial charge in [-0.3, -0.25) is 19.3 Å². The number of methoxy groups -OCH3 is 1. The maximum absolute atomic E-state index is 14.2. The number of para-hydroxylation sites is 1. The number of carbonyl (C=O) groups is 3. The molecule has 3 fully saturated rings. The minimum absolute atomic E-state index is 0.0123. The van der Waals surface area contributed by atoms with Gasteiger partial charge in [-0.05, 0) is 38.3 Å². The zero-order valence-corrected chi connectivity index (χ0v) is 18.0. The molecule has 166 valence electrons. The van der Waals surface area contributed by atoms with Crippen LogP contribution in [0.5, 0.6) is 0 Å². The molecule has 8 nitrogen and oxygen atoms in total. The standard InChI is InChI=1S/C23H30N4O4/c1-31-15-20(28)25-10-5-9-24-21(29)18-14-16-6-4-11-27(16)23(18)17-7-2-3-8-19(17)26(13-12-25)22(23)30/h2-3,7-8,16,18H,4-6,9-15H2,1H3,(H,24,29)/t16-,18-,23+/m0/s1. The van der Waals surface area contributed by atoms with Gasteiger partial charge in [0.15, 0.2) is 0 Å². The van der Waals surface area contributed by atoms with Crippen LogP contribution in [-0.4, -0.2) is 80.0 Å². The number of anilines is 1. The van der Waals surface area contributed by atoms with E-state index < -0.39 is 5.54 Å². The van der Waals surface area contributed by atoms with Crippen molar-refractivity contribution in [3.8, 4) is 0 Å². The van der Waals surface area contributed by atoms with Crippen LogP contribution in [0.25, 0.3) is 0 Å². The lowest BCUT2D eigenvalue weighted by molar-refractivity contribution is -0.139. The van der Waals surface area contributed by atoms with E-state index in [0.717, 1.165) is 37.1 Å². The van der Waals surface area contributed by atoms with Crippen LogP contribution in [0.15, 0.2) is 24.3 Å². The highest BCUT2D eigenvalue weighted by atomic mass is 16.5. The summed E-state index contributed by atoms with van der Waals surface area (Å²) in [4.78, 5) is 45.9. The van der Waals surface area contributed by atoms with Crippen LogP contribution in [0.4, 0.5) is 5.69 Å². The summed E-state index contributed by atoms with van der Waals surface area (Å²) in [7, 11) is 1.51. The highest BCUT2D eigenvalue weighted by Crippen LogP contribution is 2.56. The quantitative estimate of drug-likeness (QED) is 0.753. The molecule has 3 atom stereocenters. The van der Waals surface area contributed by atoms with Gasteiger partial charge in [0.1, 0.15) is 12.1 Å². The molecule has 0 aromatic heterocycles. The molecule has 1 N–H and O–H groups in total. The molecule has 4 aliphatic rings. The van der Waals surface area contributed by atoms with Crippen molar-refractivity contribution < 1.29 is 19.1 Å². The lowest BCUT2D eigenvalue weighted by atomic mass is 9.78. The second-order valence-electron chi connectivity index (χ2n) is 8.98. The van der Waals surface area contributed by atoms with Gasteiger partial charge in [-0.25, -0.2) is 0 Å². The number of rotatable bonds is 2. The number of nitrogens with one attached hydrogen (secondary N) is 1. The van der Waals surface area contributed by atoms with E-state index in [-0.39, 0.29) is 36.3 Å². The molecule has 4 aliphatic heterocycles. The molecule has 8 heteroatoms. The highest BCUT2D eigenvalue weighted by Gasteiger charge is 2.67. The van der Waals surface area contributed by atoms with Gasteiger partial charge in [-0.2, -0.15) is 0 Å². The zero-order valence-electron chi connectivity index (χ0n) is 18.0. The van der Waals surface area contributed by atoms with Crippen molar-refractivity contribution >= 4 is 23.4 Å². The van der Waals surface area contributed by atoms with Crippen LogP contribution < -0.4 is 10.2 Å². The Morgan fingerprint density at radius 2 is 2.00 bits per heavy atom. The van der Waals surface area contributed by atoms with Crippen molar-refractivity contribution in [2.24, 2.45) is 5.92 Å². The Morgan fingerprint density at radius 3 is 2.84 bits per heavy atom. The fourth-order valence-corrected chi connectivity index (χ4v) is 6.18. The van der Waals surface area contributed by atoms with E-state index in [4.69, 9.17) is 4.74 Å². The van der Waals surface area contributed by atoms with Crippen molar-refractivity contribution in [3.05, 3.63) is 29.8 Å². The number of amides is 3. The van der Waals surface area contributed by atoms with Crippen LogP contribution in [-0.2, 0) is 24.7 Å². The summed E-state index contributed by atoms with van der Waals surface area (Å²) < 4.78 is 5.04. The van der Waals surface area contributed by atoms with E-state index in [2.05, 4.69) is 10.2 Å². The van der Waals surface area contributed by atoms with Crippen LogP contribution in [0.2, 0.25) is 0 Å². The molecule has 0 radical (unpaired) electrons. The Balaban J connectivity index is 1.58. The minimum Gasteiger partial charge on any atom is -0.375 e. The third kappa shape index (κ3) is 2.99. The lowest BCUT2D eigenvalue weighted by Gasteiger charge is -2.37. The Morgan fingerprint density at radius 1 is 1.16 bits per heavy atom. The molecule has 0 aliphatic carbocycles. The predicted octanol–water partition coefficient (Wildman–Crippen LogP) is 0.708. The molecular weight excluding hydrogens is 396 g/mol. The summed E-state index contributed by atoms with van der Waals surface area (Å²) in [6.45, 7) is 2.72. The SMILES string of the molecule is COCC(=O)N1CCCNC(=O)[C@@H]2C[C@@H]3CCCN3[C@@]23C(=O)N(CC1)c1ccccc13. The third-order valence-electron chi connectivity index (χ3n) is 7.45. The Bertz CT molecular complexity index is 905. The summed E-state index contributed by atoms with van der Waals surface area (Å²) in [5, 5.41) is 3.08. The van der Waals surface area contributed by atoms with Crippen LogP contribution in [0, 0.1) is 5.92 Å². The smallest absolute Gasteiger partial charge is 0.253 e. The average Bonchev–Trinajstić information content (AvgIpc) is 3.41. The number of ether oxygens (including phenoxy) is 1. The second kappa shape index (κ2) is 7.91. The van der Waals surface area contributed by atoms with Crippen molar-refractivity contribution in [1.29, 1.82) is 0 Å². The Hall–Kier alpha value is -2.45. The normalized spacial score (nSPS) is 30.9. The summed E-state index contributed by atoms with van der Waals surface area (Å²) in [5.74, 6) is -0.548. The van der Waals surface area contributed by atoms with Crippen molar-refractivity contribution in [3.63, 3.8) is 0 Å². The molecule has 5 rings (SSSR count). The molecular formula is C23H30N4O4. The number of carbonyl (C=O) groups excluding carboxylic acids is 3. The zero-order chi connectivity index (χ0) is 21.6. The van der Waals surface area contributed by atoms with E-state index in [0.29, 0.717) is 32.6 Å². The number of nitrogens with zero attached hydrogens (tertiary/aromatic N) is 3. The van der Waals surface area contributed by atoms with Gasteiger partial charge in [0.25, 0.3) is 5.91 Å². The molecule has 3 saturated heterocycles. The van der Waals surface area contributed by atoms with E-state index in [1.807, 2.05) is 29.2 Å². The molecule has 0 unspecified atom stereocenters. The van der Waals surface area contributed by atoms with Gasteiger partial charge < -0.3 is 19.9 Å². The van der Waals surface area contributed by atoms with Gasteiger partial charge >= 0.3 is 0 Å². The summed E-state index contributed by atoms with van der Waals surface area (Å²) in [5.41, 5.74) is 0.886. The molecule has 4 heterocycles. The highest BCUT2D eigenvalue weighted by molar-refractivity contribution is 6.11. The average molecular weight is 427 g/mol. The first kappa shape index (κ1) is 20.5. The first-order valence-corrected chi connectivity index (χ1v) is 11.3. The largest absolute Gasteiger partial charge is 0.375 e. The van der Waals surface area contributed by atoms with E-state index in [1.54, 1.807) is 4.90 Å². The lowest BCUT2D eigenvalue weighted by Crippen LogP contribution is -2.57. The maximum Gasteiger partial charge on any atom is 0.253 e. The number of fused-ring (bicyclic) bond motifs is 4.